The molecule has 0 heterocycles. The van der Waals surface area contributed by atoms with Gasteiger partial charge in [-0.2, -0.15) is 0 Å². The van der Waals surface area contributed by atoms with Crippen LogP contribution in [0.4, 0.5) is 4.39 Å². The van der Waals surface area contributed by atoms with Gasteiger partial charge in [0.25, 0.3) is 0 Å². The highest BCUT2D eigenvalue weighted by Crippen LogP contribution is 2.31. The van der Waals surface area contributed by atoms with Gasteiger partial charge >= 0.3 is 0 Å². The van der Waals surface area contributed by atoms with E-state index in [-0.39, 0.29) is 18.3 Å². The third-order valence-electron chi connectivity index (χ3n) is 3.14. The Labute approximate surface area is 126 Å². The van der Waals surface area contributed by atoms with Crippen LogP contribution in [0, 0.1) is 11.7 Å². The molecular weight excluding hydrogens is 273 g/mol. The molecule has 3 N–H and O–H groups in total. The van der Waals surface area contributed by atoms with Gasteiger partial charge in [0.15, 0.2) is 11.5 Å². The van der Waals surface area contributed by atoms with Gasteiger partial charge < -0.3 is 20.3 Å². The largest absolute Gasteiger partial charge is 0.490 e. The second kappa shape index (κ2) is 9.58. The number of ether oxygens (including phenoxy) is 2. The Hall–Kier alpha value is -1.33. The summed E-state index contributed by atoms with van der Waals surface area (Å²) in [7, 11) is 0. The summed E-state index contributed by atoms with van der Waals surface area (Å²) in [6.07, 6.45) is 2.09. The maximum atomic E-state index is 14.2. The number of nitrogens with two attached hydrogens (primary N) is 1. The summed E-state index contributed by atoms with van der Waals surface area (Å²) in [6.45, 7) is 5.32. The van der Waals surface area contributed by atoms with Gasteiger partial charge in [0.1, 0.15) is 5.82 Å². The van der Waals surface area contributed by atoms with Crippen molar-refractivity contribution >= 4 is 0 Å². The third kappa shape index (κ3) is 5.52. The van der Waals surface area contributed by atoms with Crippen LogP contribution in [0.5, 0.6) is 11.5 Å². The first kappa shape index (κ1) is 17.7. The minimum Gasteiger partial charge on any atom is -0.490 e. The van der Waals surface area contributed by atoms with E-state index in [0.29, 0.717) is 43.2 Å². The Bertz CT molecular complexity index is 422. The van der Waals surface area contributed by atoms with Crippen LogP contribution in [0.15, 0.2) is 12.1 Å². The highest BCUT2D eigenvalue weighted by atomic mass is 19.1. The number of aliphatic hydroxyl groups excluding tert-OH is 1. The van der Waals surface area contributed by atoms with Crippen molar-refractivity contribution in [2.45, 2.75) is 33.1 Å². The van der Waals surface area contributed by atoms with Crippen LogP contribution in [0.1, 0.15) is 32.3 Å². The Balaban J connectivity index is 2.98. The van der Waals surface area contributed by atoms with Crippen LogP contribution < -0.4 is 15.2 Å². The van der Waals surface area contributed by atoms with Crippen LogP contribution >= 0.6 is 0 Å². The van der Waals surface area contributed by atoms with Crippen molar-refractivity contribution in [3.05, 3.63) is 23.5 Å². The van der Waals surface area contributed by atoms with Gasteiger partial charge in [-0.25, -0.2) is 4.39 Å². The SMILES string of the molecule is CCCOc1cc(F)c(CC(CN)CO)cc1OCCC. The normalized spacial score (nSPS) is 12.2. The summed E-state index contributed by atoms with van der Waals surface area (Å²) >= 11 is 0. The zero-order valence-corrected chi connectivity index (χ0v) is 12.9. The highest BCUT2D eigenvalue weighted by molar-refractivity contribution is 5.44. The minimum absolute atomic E-state index is 0.0603. The molecule has 0 aliphatic heterocycles. The topological polar surface area (TPSA) is 64.7 Å². The fraction of sp³-hybridized carbons (Fsp3) is 0.625. The van der Waals surface area contributed by atoms with Gasteiger partial charge in [-0.3, -0.25) is 0 Å². The number of aliphatic hydroxyl groups is 1. The molecule has 0 saturated carbocycles. The van der Waals surface area contributed by atoms with E-state index in [1.807, 2.05) is 13.8 Å². The lowest BCUT2D eigenvalue weighted by atomic mass is 9.99. The lowest BCUT2D eigenvalue weighted by molar-refractivity contribution is 0.228. The molecule has 4 nitrogen and oxygen atoms in total. The fourth-order valence-corrected chi connectivity index (χ4v) is 1.92. The molecule has 0 amide bonds. The van der Waals surface area contributed by atoms with E-state index in [1.54, 1.807) is 6.07 Å². The molecule has 0 radical (unpaired) electrons. The molecule has 21 heavy (non-hydrogen) atoms. The number of halogens is 1. The van der Waals surface area contributed by atoms with Crippen molar-refractivity contribution in [3.8, 4) is 11.5 Å². The average Bonchev–Trinajstić information content (AvgIpc) is 2.50. The number of hydrogen-bond acceptors (Lipinski definition) is 4. The molecule has 0 aliphatic carbocycles. The average molecular weight is 299 g/mol. The smallest absolute Gasteiger partial charge is 0.164 e. The van der Waals surface area contributed by atoms with Gasteiger partial charge in [-0.05, 0) is 43.4 Å². The maximum Gasteiger partial charge on any atom is 0.164 e. The zero-order chi connectivity index (χ0) is 15.7. The van der Waals surface area contributed by atoms with Gasteiger partial charge in [-0.15, -0.1) is 0 Å². The molecule has 1 atom stereocenters. The fourth-order valence-electron chi connectivity index (χ4n) is 1.92. The molecule has 1 unspecified atom stereocenters. The Morgan fingerprint density at radius 2 is 1.71 bits per heavy atom. The summed E-state index contributed by atoms with van der Waals surface area (Å²) in [6, 6.07) is 3.02. The van der Waals surface area contributed by atoms with E-state index >= 15 is 0 Å². The Morgan fingerprint density at radius 1 is 1.14 bits per heavy atom. The molecule has 0 spiro atoms. The van der Waals surface area contributed by atoms with Gasteiger partial charge in [0.05, 0.1) is 13.2 Å². The van der Waals surface area contributed by atoms with Gasteiger partial charge in [-0.1, -0.05) is 13.8 Å². The van der Waals surface area contributed by atoms with Crippen molar-refractivity contribution in [1.29, 1.82) is 0 Å². The minimum atomic E-state index is -0.350. The first-order valence-corrected chi connectivity index (χ1v) is 7.55. The summed E-state index contributed by atoms with van der Waals surface area (Å²) < 4.78 is 25.3. The highest BCUT2D eigenvalue weighted by Gasteiger charge is 2.15. The number of hydrogen-bond donors (Lipinski definition) is 2. The van der Waals surface area contributed by atoms with Gasteiger partial charge in [0, 0.05) is 12.7 Å². The molecule has 0 fully saturated rings. The molecule has 1 aromatic rings. The molecule has 0 aromatic heterocycles. The van der Waals surface area contributed by atoms with E-state index in [4.69, 9.17) is 15.2 Å². The van der Waals surface area contributed by atoms with E-state index in [2.05, 4.69) is 0 Å². The molecule has 0 bridgehead atoms. The van der Waals surface area contributed by atoms with Crippen molar-refractivity contribution in [3.63, 3.8) is 0 Å². The van der Waals surface area contributed by atoms with Crippen LogP contribution in [-0.4, -0.2) is 31.5 Å². The number of benzene rings is 1. The summed E-state index contributed by atoms with van der Waals surface area (Å²) in [5.41, 5.74) is 6.05. The molecule has 5 heteroatoms. The molecular formula is C16H26FNO3. The lowest BCUT2D eigenvalue weighted by Gasteiger charge is -2.16. The van der Waals surface area contributed by atoms with Crippen molar-refractivity contribution in [2.75, 3.05) is 26.4 Å². The zero-order valence-electron chi connectivity index (χ0n) is 12.9. The first-order valence-electron chi connectivity index (χ1n) is 7.55. The van der Waals surface area contributed by atoms with E-state index in [9.17, 15) is 9.50 Å². The van der Waals surface area contributed by atoms with Crippen LogP contribution in [0.3, 0.4) is 0 Å². The Kier molecular flexibility index (Phi) is 8.08. The van der Waals surface area contributed by atoms with Crippen molar-refractivity contribution in [2.24, 2.45) is 11.7 Å². The first-order chi connectivity index (χ1) is 10.2. The molecule has 0 saturated heterocycles. The predicted molar refractivity (Wildman–Crippen MR) is 81.3 cm³/mol. The summed E-state index contributed by atoms with van der Waals surface area (Å²) in [5, 5.41) is 9.20. The molecule has 1 aromatic carbocycles. The summed E-state index contributed by atoms with van der Waals surface area (Å²) in [4.78, 5) is 0. The predicted octanol–water partition coefficient (Wildman–Crippen LogP) is 2.51. The van der Waals surface area contributed by atoms with E-state index < -0.39 is 0 Å². The monoisotopic (exact) mass is 299 g/mol. The van der Waals surface area contributed by atoms with Crippen LogP contribution in [0.2, 0.25) is 0 Å². The Morgan fingerprint density at radius 3 is 2.19 bits per heavy atom. The standard InChI is InChI=1S/C16H26FNO3/c1-3-5-20-15-8-13(7-12(10-18)11-19)14(17)9-16(15)21-6-4-2/h8-9,12,19H,3-7,10-11,18H2,1-2H3. The second-order valence-electron chi connectivity index (χ2n) is 5.08. The molecule has 120 valence electrons. The van der Waals surface area contributed by atoms with Gasteiger partial charge in [0.2, 0.25) is 0 Å². The van der Waals surface area contributed by atoms with Crippen molar-refractivity contribution < 1.29 is 19.0 Å². The molecule has 0 aliphatic rings. The van der Waals surface area contributed by atoms with E-state index in [1.165, 1.54) is 6.07 Å². The lowest BCUT2D eigenvalue weighted by Crippen LogP contribution is -2.21. The maximum absolute atomic E-state index is 14.2. The van der Waals surface area contributed by atoms with Crippen LogP contribution in [0.25, 0.3) is 0 Å². The van der Waals surface area contributed by atoms with Crippen LogP contribution in [-0.2, 0) is 6.42 Å². The number of rotatable bonds is 10. The van der Waals surface area contributed by atoms with E-state index in [0.717, 1.165) is 12.8 Å². The third-order valence-corrected chi connectivity index (χ3v) is 3.14. The summed E-state index contributed by atoms with van der Waals surface area (Å²) in [5.74, 6) is 0.480. The second-order valence-corrected chi connectivity index (χ2v) is 5.08. The molecule has 1 rings (SSSR count). The quantitative estimate of drug-likeness (QED) is 0.697. The van der Waals surface area contributed by atoms with Crippen molar-refractivity contribution in [1.82, 2.24) is 0 Å².